The number of hydrogen-bond acceptors (Lipinski definition) is 6. The third kappa shape index (κ3) is 6.58. The van der Waals surface area contributed by atoms with E-state index in [0.717, 1.165) is 12.1 Å². The van der Waals surface area contributed by atoms with E-state index in [1.165, 1.54) is 12.4 Å². The van der Waals surface area contributed by atoms with E-state index in [1.54, 1.807) is 42.6 Å². The minimum Gasteiger partial charge on any atom is -0.340 e. The van der Waals surface area contributed by atoms with Crippen molar-refractivity contribution in [2.24, 2.45) is 0 Å². The standard InChI is InChI=1S/C23H17ClF3N7O/c24-18-9-8-16(11-17(18)23(25,26)27)33-22(35)32-15-6-4-14(5-7-15)31-20-12-21(30-13-29-20)34-19-3-1-2-10-28-19/h1-13H,(H2,32,33,35)(H2,28,29,30,31,34). The van der Waals surface area contributed by atoms with E-state index in [0.29, 0.717) is 28.8 Å². The second-order valence-electron chi connectivity index (χ2n) is 7.10. The number of anilines is 6. The topological polar surface area (TPSA) is 104 Å². The Hall–Kier alpha value is -4.38. The fourth-order valence-electron chi connectivity index (χ4n) is 2.96. The molecular weight excluding hydrogens is 483 g/mol. The second-order valence-corrected chi connectivity index (χ2v) is 7.51. The molecule has 2 heterocycles. The van der Waals surface area contributed by atoms with Crippen molar-refractivity contribution in [3.63, 3.8) is 0 Å². The zero-order valence-corrected chi connectivity index (χ0v) is 18.5. The first-order valence-electron chi connectivity index (χ1n) is 10.1. The predicted octanol–water partition coefficient (Wildman–Crippen LogP) is 6.68. The van der Waals surface area contributed by atoms with E-state index in [1.807, 2.05) is 12.1 Å². The Balaban J connectivity index is 1.36. The van der Waals surface area contributed by atoms with E-state index >= 15 is 0 Å². The van der Waals surface area contributed by atoms with Crippen LogP contribution in [0.1, 0.15) is 5.56 Å². The van der Waals surface area contributed by atoms with Gasteiger partial charge in [0.1, 0.15) is 23.8 Å². The Morgan fingerprint density at radius 3 is 2.09 bits per heavy atom. The maximum Gasteiger partial charge on any atom is 0.417 e. The average molecular weight is 500 g/mol. The molecule has 0 fully saturated rings. The molecule has 2 amide bonds. The van der Waals surface area contributed by atoms with Gasteiger partial charge in [0, 0.05) is 29.3 Å². The highest BCUT2D eigenvalue weighted by molar-refractivity contribution is 6.31. The number of rotatable bonds is 6. The SMILES string of the molecule is O=C(Nc1ccc(Nc2cc(Nc3ccccn3)ncn2)cc1)Nc1ccc(Cl)c(C(F)(F)F)c1. The number of urea groups is 1. The molecule has 0 atom stereocenters. The van der Waals surface area contributed by atoms with Crippen LogP contribution in [-0.2, 0) is 6.18 Å². The van der Waals surface area contributed by atoms with Crippen LogP contribution in [0.4, 0.5) is 52.5 Å². The zero-order valence-electron chi connectivity index (χ0n) is 17.8. The van der Waals surface area contributed by atoms with Crippen molar-refractivity contribution in [3.05, 3.63) is 89.8 Å². The Morgan fingerprint density at radius 2 is 1.40 bits per heavy atom. The minimum absolute atomic E-state index is 0.0450. The van der Waals surface area contributed by atoms with Gasteiger partial charge in [-0.25, -0.2) is 19.7 Å². The Kier molecular flexibility index (Phi) is 6.97. The highest BCUT2D eigenvalue weighted by atomic mass is 35.5. The molecule has 8 nitrogen and oxygen atoms in total. The van der Waals surface area contributed by atoms with E-state index in [2.05, 4.69) is 36.2 Å². The Labute approximate surface area is 202 Å². The van der Waals surface area contributed by atoms with E-state index in [9.17, 15) is 18.0 Å². The van der Waals surface area contributed by atoms with E-state index < -0.39 is 22.8 Å². The summed E-state index contributed by atoms with van der Waals surface area (Å²) in [6, 6.07) is 16.2. The molecule has 0 bridgehead atoms. The molecule has 12 heteroatoms. The Morgan fingerprint density at radius 1 is 0.743 bits per heavy atom. The lowest BCUT2D eigenvalue weighted by Crippen LogP contribution is -2.19. The molecule has 0 saturated heterocycles. The second kappa shape index (κ2) is 10.3. The largest absolute Gasteiger partial charge is 0.417 e. The molecule has 0 unspecified atom stereocenters. The van der Waals surface area contributed by atoms with Crippen molar-refractivity contribution >= 4 is 52.1 Å². The first kappa shape index (κ1) is 23.8. The number of carbonyl (C=O) groups excluding carboxylic acids is 1. The van der Waals surface area contributed by atoms with Crippen molar-refractivity contribution in [2.45, 2.75) is 6.18 Å². The molecule has 2 aromatic carbocycles. The fraction of sp³-hybridized carbons (Fsp3) is 0.0435. The van der Waals surface area contributed by atoms with Gasteiger partial charge in [0.15, 0.2) is 0 Å². The lowest BCUT2D eigenvalue weighted by atomic mass is 10.2. The first-order chi connectivity index (χ1) is 16.8. The number of halogens is 4. The molecule has 4 N–H and O–H groups in total. The maximum atomic E-state index is 13.0. The molecule has 0 aliphatic rings. The summed E-state index contributed by atoms with van der Waals surface area (Å²) in [5.41, 5.74) is 0.0381. The zero-order chi connectivity index (χ0) is 24.8. The van der Waals surface area contributed by atoms with Gasteiger partial charge in [0.25, 0.3) is 0 Å². The first-order valence-corrected chi connectivity index (χ1v) is 10.5. The molecule has 0 aliphatic carbocycles. The summed E-state index contributed by atoms with van der Waals surface area (Å²) in [7, 11) is 0. The number of aromatic nitrogens is 3. The van der Waals surface area contributed by atoms with Gasteiger partial charge in [-0.2, -0.15) is 13.2 Å². The number of amides is 2. The van der Waals surface area contributed by atoms with Gasteiger partial charge >= 0.3 is 12.2 Å². The summed E-state index contributed by atoms with van der Waals surface area (Å²) in [6.07, 6.45) is -1.57. The van der Waals surface area contributed by atoms with Gasteiger partial charge in [-0.15, -0.1) is 0 Å². The fourth-order valence-corrected chi connectivity index (χ4v) is 3.19. The summed E-state index contributed by atoms with van der Waals surface area (Å²) >= 11 is 5.60. The molecule has 0 saturated carbocycles. The van der Waals surface area contributed by atoms with Crippen LogP contribution in [0.2, 0.25) is 5.02 Å². The summed E-state index contributed by atoms with van der Waals surface area (Å²) in [6.45, 7) is 0. The number of pyridine rings is 1. The van der Waals surface area contributed by atoms with Gasteiger partial charge in [0.05, 0.1) is 10.6 Å². The lowest BCUT2D eigenvalue weighted by molar-refractivity contribution is -0.137. The van der Waals surface area contributed by atoms with Gasteiger partial charge in [-0.05, 0) is 54.6 Å². The number of nitrogens with zero attached hydrogens (tertiary/aromatic N) is 3. The predicted molar refractivity (Wildman–Crippen MR) is 128 cm³/mol. The summed E-state index contributed by atoms with van der Waals surface area (Å²) in [5, 5.41) is 10.7. The quantitative estimate of drug-likeness (QED) is 0.236. The molecule has 0 aliphatic heterocycles. The normalized spacial score (nSPS) is 11.0. The van der Waals surface area contributed by atoms with Crippen molar-refractivity contribution < 1.29 is 18.0 Å². The van der Waals surface area contributed by atoms with Crippen LogP contribution in [0.5, 0.6) is 0 Å². The van der Waals surface area contributed by atoms with Crippen LogP contribution < -0.4 is 21.3 Å². The average Bonchev–Trinajstić information content (AvgIpc) is 2.82. The van der Waals surface area contributed by atoms with Crippen LogP contribution in [-0.4, -0.2) is 21.0 Å². The van der Waals surface area contributed by atoms with Crippen molar-refractivity contribution in [1.29, 1.82) is 0 Å². The van der Waals surface area contributed by atoms with E-state index in [4.69, 9.17) is 11.6 Å². The molecule has 0 radical (unpaired) electrons. The highest BCUT2D eigenvalue weighted by Gasteiger charge is 2.33. The van der Waals surface area contributed by atoms with Gasteiger partial charge in [-0.3, -0.25) is 0 Å². The van der Waals surface area contributed by atoms with Gasteiger partial charge < -0.3 is 21.3 Å². The molecule has 0 spiro atoms. The maximum absolute atomic E-state index is 13.0. The number of hydrogen-bond donors (Lipinski definition) is 4. The summed E-state index contributed by atoms with van der Waals surface area (Å²) in [4.78, 5) is 24.7. The van der Waals surface area contributed by atoms with E-state index in [-0.39, 0.29) is 5.69 Å². The molecule has 35 heavy (non-hydrogen) atoms. The molecule has 4 aromatic rings. The van der Waals surface area contributed by atoms with Crippen LogP contribution >= 0.6 is 11.6 Å². The summed E-state index contributed by atoms with van der Waals surface area (Å²) < 4.78 is 39.0. The van der Waals surface area contributed by atoms with Crippen LogP contribution in [0, 0.1) is 0 Å². The van der Waals surface area contributed by atoms with Crippen LogP contribution in [0.3, 0.4) is 0 Å². The smallest absolute Gasteiger partial charge is 0.340 e. The van der Waals surface area contributed by atoms with Crippen LogP contribution in [0.15, 0.2) is 79.3 Å². The molecule has 2 aromatic heterocycles. The molecule has 4 rings (SSSR count). The summed E-state index contributed by atoms with van der Waals surface area (Å²) in [5.74, 6) is 1.71. The van der Waals surface area contributed by atoms with Crippen molar-refractivity contribution in [3.8, 4) is 0 Å². The van der Waals surface area contributed by atoms with Crippen molar-refractivity contribution in [1.82, 2.24) is 15.0 Å². The Bertz CT molecular complexity index is 1320. The lowest BCUT2D eigenvalue weighted by Gasteiger charge is -2.13. The monoisotopic (exact) mass is 499 g/mol. The molecular formula is C23H17ClF3N7O. The van der Waals surface area contributed by atoms with Crippen molar-refractivity contribution in [2.75, 3.05) is 21.3 Å². The minimum atomic E-state index is -4.63. The number of carbonyl (C=O) groups is 1. The number of nitrogens with one attached hydrogen (secondary N) is 4. The van der Waals surface area contributed by atoms with Crippen LogP contribution in [0.25, 0.3) is 0 Å². The number of benzene rings is 2. The number of alkyl halides is 3. The van der Waals surface area contributed by atoms with Gasteiger partial charge in [0.2, 0.25) is 0 Å². The molecule has 178 valence electrons. The highest BCUT2D eigenvalue weighted by Crippen LogP contribution is 2.36. The third-order valence-electron chi connectivity index (χ3n) is 4.53. The van der Waals surface area contributed by atoms with Gasteiger partial charge in [-0.1, -0.05) is 17.7 Å². The third-order valence-corrected chi connectivity index (χ3v) is 4.86.